The SMILES string of the molecule is O=C(Nc1ccc2cnn(C(=O)OCc3ccccc3)c2c1)C1c2cccc(-c3ccncc3)c2CCN1C(=O)/C=C/c1c(-n2cnnn2)ccc(Cl)c1F. The van der Waals surface area contributed by atoms with Crippen LogP contribution in [0.4, 0.5) is 14.9 Å². The van der Waals surface area contributed by atoms with Crippen LogP contribution in [-0.2, 0) is 27.4 Å². The minimum Gasteiger partial charge on any atom is -0.443 e. The van der Waals surface area contributed by atoms with E-state index in [0.717, 1.165) is 26.9 Å². The lowest BCUT2D eigenvalue weighted by Crippen LogP contribution is -2.45. The van der Waals surface area contributed by atoms with Crippen LogP contribution in [0.3, 0.4) is 0 Å². The van der Waals surface area contributed by atoms with Gasteiger partial charge in [0.15, 0.2) is 5.82 Å². The molecule has 8 rings (SSSR count). The topological polar surface area (TPSA) is 150 Å². The molecule has 0 radical (unpaired) electrons. The first kappa shape index (κ1) is 35.0. The van der Waals surface area contributed by atoms with Gasteiger partial charge in [0, 0.05) is 41.7 Å². The summed E-state index contributed by atoms with van der Waals surface area (Å²) in [6, 6.07) is 25.5. The number of amides is 2. The number of rotatable bonds is 8. The zero-order chi connectivity index (χ0) is 37.9. The number of nitrogens with one attached hydrogen (secondary N) is 1. The summed E-state index contributed by atoms with van der Waals surface area (Å²) in [6.07, 6.45) is 8.46. The molecule has 0 fully saturated rings. The van der Waals surface area contributed by atoms with Crippen LogP contribution in [0.1, 0.15) is 28.3 Å². The van der Waals surface area contributed by atoms with E-state index in [2.05, 4.69) is 30.9 Å². The van der Waals surface area contributed by atoms with Gasteiger partial charge in [-0.1, -0.05) is 60.1 Å². The van der Waals surface area contributed by atoms with E-state index in [0.29, 0.717) is 28.6 Å². The van der Waals surface area contributed by atoms with Gasteiger partial charge in [-0.2, -0.15) is 14.5 Å². The van der Waals surface area contributed by atoms with E-state index < -0.39 is 29.8 Å². The van der Waals surface area contributed by atoms with Gasteiger partial charge in [-0.3, -0.25) is 14.6 Å². The van der Waals surface area contributed by atoms with Crippen molar-refractivity contribution in [1.29, 1.82) is 0 Å². The molecule has 55 heavy (non-hydrogen) atoms. The first-order valence-corrected chi connectivity index (χ1v) is 17.5. The largest absolute Gasteiger partial charge is 0.443 e. The Balaban J connectivity index is 1.12. The van der Waals surface area contributed by atoms with Crippen LogP contribution < -0.4 is 5.32 Å². The number of benzene rings is 4. The van der Waals surface area contributed by atoms with Crippen molar-refractivity contribution < 1.29 is 23.5 Å². The van der Waals surface area contributed by atoms with Crippen molar-refractivity contribution in [3.63, 3.8) is 0 Å². The van der Waals surface area contributed by atoms with Gasteiger partial charge in [0.1, 0.15) is 19.0 Å². The monoisotopic (exact) mass is 753 g/mol. The summed E-state index contributed by atoms with van der Waals surface area (Å²) in [5.41, 5.74) is 5.19. The van der Waals surface area contributed by atoms with Crippen molar-refractivity contribution in [2.24, 2.45) is 0 Å². The molecule has 1 unspecified atom stereocenters. The van der Waals surface area contributed by atoms with Crippen LogP contribution in [-0.4, -0.2) is 64.3 Å². The standard InChI is InChI=1S/C40H29ClFN9O4/c41-33-12-13-34(50-24-44-47-48-50)32(37(33)42)11-14-36(52)49-20-17-30-29(26-15-18-43-19-16-26)7-4-8-31(30)38(49)39(53)46-28-10-9-27-22-45-51(35(27)21-28)40(54)55-23-25-5-2-1-3-6-25/h1-16,18-19,21-22,24,38H,17,20,23H2,(H,46,53)/b14-11+. The van der Waals surface area contributed by atoms with E-state index in [1.807, 2.05) is 60.7 Å². The van der Waals surface area contributed by atoms with E-state index in [9.17, 15) is 14.4 Å². The van der Waals surface area contributed by atoms with E-state index in [-0.39, 0.29) is 29.4 Å². The summed E-state index contributed by atoms with van der Waals surface area (Å²) in [5.74, 6) is -1.82. The van der Waals surface area contributed by atoms with E-state index in [1.54, 1.807) is 30.6 Å². The highest BCUT2D eigenvalue weighted by Gasteiger charge is 2.36. The van der Waals surface area contributed by atoms with Crippen LogP contribution in [0, 0.1) is 5.82 Å². The van der Waals surface area contributed by atoms with Gasteiger partial charge < -0.3 is 15.0 Å². The Morgan fingerprint density at radius 2 is 1.82 bits per heavy atom. The third kappa shape index (κ3) is 7.05. The number of halogens is 2. The molecule has 0 spiro atoms. The quantitative estimate of drug-likeness (QED) is 0.165. The van der Waals surface area contributed by atoms with E-state index in [4.69, 9.17) is 16.3 Å². The van der Waals surface area contributed by atoms with Gasteiger partial charge in [-0.25, -0.2) is 9.18 Å². The molecule has 2 amide bonds. The van der Waals surface area contributed by atoms with Crippen LogP contribution in [0.5, 0.6) is 0 Å². The summed E-state index contributed by atoms with van der Waals surface area (Å²) in [4.78, 5) is 47.2. The maximum absolute atomic E-state index is 15.4. The average Bonchev–Trinajstić information content (AvgIpc) is 3.91. The zero-order valence-electron chi connectivity index (χ0n) is 28.8. The molecule has 13 nitrogen and oxygen atoms in total. The van der Waals surface area contributed by atoms with Crippen LogP contribution >= 0.6 is 11.6 Å². The number of ether oxygens (including phenoxy) is 1. The molecule has 4 aromatic carbocycles. The number of carbonyl (C=O) groups excluding carboxylic acids is 3. The highest BCUT2D eigenvalue weighted by Crippen LogP contribution is 2.37. The van der Waals surface area contributed by atoms with Crippen molar-refractivity contribution in [2.45, 2.75) is 19.1 Å². The number of anilines is 1. The van der Waals surface area contributed by atoms with Gasteiger partial charge in [0.05, 0.1) is 22.4 Å². The summed E-state index contributed by atoms with van der Waals surface area (Å²) >= 11 is 6.12. The Morgan fingerprint density at radius 3 is 2.62 bits per heavy atom. The highest BCUT2D eigenvalue weighted by molar-refractivity contribution is 6.31. The number of pyridine rings is 1. The normalized spacial score (nSPS) is 13.9. The lowest BCUT2D eigenvalue weighted by atomic mass is 9.86. The third-order valence-corrected chi connectivity index (χ3v) is 9.55. The van der Waals surface area contributed by atoms with Crippen molar-refractivity contribution in [1.82, 2.24) is 39.9 Å². The fraction of sp³-hybridized carbons (Fsp3) is 0.100. The minimum absolute atomic E-state index is 0.0151. The second-order valence-electron chi connectivity index (χ2n) is 12.5. The number of hydrogen-bond acceptors (Lipinski definition) is 9. The van der Waals surface area contributed by atoms with Crippen molar-refractivity contribution in [3.05, 3.63) is 155 Å². The molecular weight excluding hydrogens is 725 g/mol. The van der Waals surface area contributed by atoms with Crippen molar-refractivity contribution in [2.75, 3.05) is 11.9 Å². The lowest BCUT2D eigenvalue weighted by molar-refractivity contribution is -0.135. The minimum atomic E-state index is -1.10. The molecule has 1 aliphatic heterocycles. The van der Waals surface area contributed by atoms with Gasteiger partial charge in [-0.15, -0.1) is 5.10 Å². The number of tetrazole rings is 1. The molecule has 4 heterocycles. The van der Waals surface area contributed by atoms with Crippen LogP contribution in [0.25, 0.3) is 33.8 Å². The molecule has 0 aliphatic carbocycles. The molecule has 0 saturated heterocycles. The lowest BCUT2D eigenvalue weighted by Gasteiger charge is -2.36. The number of hydrogen-bond donors (Lipinski definition) is 1. The fourth-order valence-electron chi connectivity index (χ4n) is 6.66. The number of nitrogens with zero attached hydrogens (tertiary/aromatic N) is 8. The van der Waals surface area contributed by atoms with Gasteiger partial charge in [0.25, 0.3) is 5.91 Å². The number of aromatic nitrogens is 7. The molecular formula is C40H29ClFN9O4. The van der Waals surface area contributed by atoms with Gasteiger partial charge in [0.2, 0.25) is 5.91 Å². The maximum atomic E-state index is 15.4. The van der Waals surface area contributed by atoms with Gasteiger partial charge >= 0.3 is 6.09 Å². The Morgan fingerprint density at radius 1 is 0.982 bits per heavy atom. The van der Waals surface area contributed by atoms with E-state index >= 15 is 4.39 Å². The Labute approximate surface area is 317 Å². The fourth-order valence-corrected chi connectivity index (χ4v) is 6.83. The predicted molar refractivity (Wildman–Crippen MR) is 201 cm³/mol. The number of fused-ring (bicyclic) bond motifs is 2. The third-order valence-electron chi connectivity index (χ3n) is 9.26. The Hall–Kier alpha value is -7.06. The summed E-state index contributed by atoms with van der Waals surface area (Å²) in [6.45, 7) is 0.231. The molecule has 272 valence electrons. The van der Waals surface area contributed by atoms with Crippen LogP contribution in [0.15, 0.2) is 122 Å². The molecule has 0 saturated carbocycles. The first-order valence-electron chi connectivity index (χ1n) is 17.1. The Kier molecular flexibility index (Phi) is 9.62. The first-order chi connectivity index (χ1) is 26.9. The summed E-state index contributed by atoms with van der Waals surface area (Å²) in [7, 11) is 0. The second-order valence-corrected chi connectivity index (χ2v) is 12.9. The molecule has 0 bridgehead atoms. The van der Waals surface area contributed by atoms with Gasteiger partial charge in [-0.05, 0) is 93.2 Å². The molecule has 3 aromatic heterocycles. The molecule has 1 N–H and O–H groups in total. The van der Waals surface area contributed by atoms with Crippen LogP contribution in [0.2, 0.25) is 5.02 Å². The Bertz CT molecular complexity index is 2580. The second kappa shape index (κ2) is 15.1. The zero-order valence-corrected chi connectivity index (χ0v) is 29.5. The highest BCUT2D eigenvalue weighted by atomic mass is 35.5. The summed E-state index contributed by atoms with van der Waals surface area (Å²) in [5, 5.41) is 18.8. The maximum Gasteiger partial charge on any atom is 0.435 e. The van der Waals surface area contributed by atoms with E-state index in [1.165, 1.54) is 46.4 Å². The molecule has 15 heteroatoms. The molecule has 1 atom stereocenters. The van der Waals surface area contributed by atoms with Crippen molar-refractivity contribution in [3.8, 4) is 16.8 Å². The average molecular weight is 754 g/mol. The predicted octanol–water partition coefficient (Wildman–Crippen LogP) is 6.83. The summed E-state index contributed by atoms with van der Waals surface area (Å²) < 4.78 is 23.3. The molecule has 1 aliphatic rings. The molecule has 7 aromatic rings. The van der Waals surface area contributed by atoms with Crippen molar-refractivity contribution >= 4 is 52.2 Å². The smallest absolute Gasteiger partial charge is 0.435 e. The number of carbonyl (C=O) groups is 3.